The number of nitrogens with one attached hydrogen (secondary N) is 2. The lowest BCUT2D eigenvalue weighted by molar-refractivity contribution is 0.414. The average Bonchev–Trinajstić information content (AvgIpc) is 2.47. The van der Waals surface area contributed by atoms with Crippen LogP contribution in [-0.2, 0) is 0 Å². The molecule has 5 nitrogen and oxygen atoms in total. The van der Waals surface area contributed by atoms with Gasteiger partial charge in [-0.15, -0.1) is 0 Å². The van der Waals surface area contributed by atoms with Gasteiger partial charge in [0.15, 0.2) is 11.6 Å². The molecule has 20 heavy (non-hydrogen) atoms. The molecule has 0 aliphatic heterocycles. The molecule has 0 atom stereocenters. The van der Waals surface area contributed by atoms with Gasteiger partial charge in [-0.25, -0.2) is 9.97 Å². The van der Waals surface area contributed by atoms with Gasteiger partial charge in [0, 0.05) is 13.1 Å². The van der Waals surface area contributed by atoms with Gasteiger partial charge in [0.25, 0.3) is 0 Å². The molecule has 0 saturated heterocycles. The van der Waals surface area contributed by atoms with E-state index in [2.05, 4.69) is 27.5 Å². The summed E-state index contributed by atoms with van der Waals surface area (Å²) in [6, 6.07) is 0. The zero-order valence-corrected chi connectivity index (χ0v) is 13.0. The Balaban J connectivity index is 2.37. The Morgan fingerprint density at radius 2 is 1.60 bits per heavy atom. The molecule has 0 aliphatic rings. The molecule has 0 spiro atoms. The second kappa shape index (κ2) is 10.3. The molecule has 0 radical (unpaired) electrons. The van der Waals surface area contributed by atoms with Crippen molar-refractivity contribution in [1.82, 2.24) is 9.97 Å². The van der Waals surface area contributed by atoms with Crippen LogP contribution < -0.4 is 15.4 Å². The molecular formula is C15H28N4O. The van der Waals surface area contributed by atoms with Crippen LogP contribution in [-0.4, -0.2) is 30.2 Å². The Morgan fingerprint density at radius 3 is 2.25 bits per heavy atom. The second-order valence-electron chi connectivity index (χ2n) is 4.83. The molecule has 5 heteroatoms. The first kappa shape index (κ1) is 16.5. The minimum Gasteiger partial charge on any atom is -0.490 e. The average molecular weight is 280 g/mol. The molecule has 1 heterocycles. The number of rotatable bonds is 11. The summed E-state index contributed by atoms with van der Waals surface area (Å²) in [5.41, 5.74) is 0. The lowest BCUT2D eigenvalue weighted by Gasteiger charge is -2.13. The van der Waals surface area contributed by atoms with E-state index in [1.807, 2.05) is 6.92 Å². The minimum atomic E-state index is 0.695. The first-order valence-corrected chi connectivity index (χ1v) is 7.70. The fraction of sp³-hybridized carbons (Fsp3) is 0.733. The molecule has 1 rings (SSSR count). The van der Waals surface area contributed by atoms with Gasteiger partial charge in [0.05, 0.1) is 7.11 Å². The number of ether oxygens (including phenoxy) is 1. The first-order chi connectivity index (χ1) is 9.83. The summed E-state index contributed by atoms with van der Waals surface area (Å²) in [6.45, 7) is 6.01. The first-order valence-electron chi connectivity index (χ1n) is 7.70. The van der Waals surface area contributed by atoms with Gasteiger partial charge in [-0.3, -0.25) is 0 Å². The Bertz CT molecular complexity index is 371. The number of hydrogen-bond donors (Lipinski definition) is 2. The molecule has 2 N–H and O–H groups in total. The maximum Gasteiger partial charge on any atom is 0.204 e. The molecule has 0 bridgehead atoms. The predicted molar refractivity (Wildman–Crippen MR) is 84.6 cm³/mol. The van der Waals surface area contributed by atoms with Crippen LogP contribution in [0.1, 0.15) is 52.4 Å². The normalized spacial score (nSPS) is 10.3. The highest BCUT2D eigenvalue weighted by atomic mass is 16.5. The van der Waals surface area contributed by atoms with E-state index in [4.69, 9.17) is 4.74 Å². The van der Waals surface area contributed by atoms with Crippen LogP contribution in [0.3, 0.4) is 0 Å². The van der Waals surface area contributed by atoms with E-state index in [9.17, 15) is 0 Å². The third-order valence-electron chi connectivity index (χ3n) is 3.17. The van der Waals surface area contributed by atoms with Crippen LogP contribution in [0.15, 0.2) is 6.33 Å². The van der Waals surface area contributed by atoms with E-state index in [1.165, 1.54) is 32.1 Å². The van der Waals surface area contributed by atoms with Gasteiger partial charge < -0.3 is 15.4 Å². The third-order valence-corrected chi connectivity index (χ3v) is 3.17. The summed E-state index contributed by atoms with van der Waals surface area (Å²) in [5.74, 6) is 2.21. The van der Waals surface area contributed by atoms with Crippen LogP contribution in [0.4, 0.5) is 11.6 Å². The van der Waals surface area contributed by atoms with E-state index < -0.39 is 0 Å². The summed E-state index contributed by atoms with van der Waals surface area (Å²) in [4.78, 5) is 8.44. The number of anilines is 2. The zero-order valence-electron chi connectivity index (χ0n) is 13.0. The summed E-state index contributed by atoms with van der Waals surface area (Å²) < 4.78 is 5.39. The van der Waals surface area contributed by atoms with Crippen molar-refractivity contribution in [2.75, 3.05) is 30.8 Å². The fourth-order valence-corrected chi connectivity index (χ4v) is 2.10. The van der Waals surface area contributed by atoms with E-state index in [0.717, 1.165) is 31.1 Å². The summed E-state index contributed by atoms with van der Waals surface area (Å²) >= 11 is 0. The molecular weight excluding hydrogens is 252 g/mol. The van der Waals surface area contributed by atoms with Gasteiger partial charge >= 0.3 is 0 Å². The molecule has 0 saturated carbocycles. The summed E-state index contributed by atoms with van der Waals surface area (Å²) in [7, 11) is 1.65. The monoisotopic (exact) mass is 280 g/mol. The van der Waals surface area contributed by atoms with Gasteiger partial charge in [-0.05, 0) is 13.3 Å². The second-order valence-corrected chi connectivity index (χ2v) is 4.83. The fourth-order valence-electron chi connectivity index (χ4n) is 2.10. The van der Waals surface area contributed by atoms with Crippen LogP contribution in [0, 0.1) is 0 Å². The van der Waals surface area contributed by atoms with Crippen molar-refractivity contribution < 1.29 is 4.74 Å². The Morgan fingerprint density at radius 1 is 0.950 bits per heavy atom. The highest BCUT2D eigenvalue weighted by Crippen LogP contribution is 2.28. The summed E-state index contributed by atoms with van der Waals surface area (Å²) in [5, 5.41) is 6.51. The van der Waals surface area contributed by atoms with E-state index in [0.29, 0.717) is 5.75 Å². The molecule has 0 aliphatic carbocycles. The van der Waals surface area contributed by atoms with Gasteiger partial charge in [-0.1, -0.05) is 39.0 Å². The molecule has 114 valence electrons. The SMILES string of the molecule is CCCCCCCCNc1ncnc(NCC)c1OC. The van der Waals surface area contributed by atoms with Crippen molar-refractivity contribution in [3.63, 3.8) is 0 Å². The van der Waals surface area contributed by atoms with E-state index in [1.54, 1.807) is 13.4 Å². The number of aromatic nitrogens is 2. The Labute approximate surface area is 122 Å². The van der Waals surface area contributed by atoms with Crippen molar-refractivity contribution in [2.45, 2.75) is 52.4 Å². The van der Waals surface area contributed by atoms with Crippen LogP contribution >= 0.6 is 0 Å². The lowest BCUT2D eigenvalue weighted by atomic mass is 10.1. The third kappa shape index (κ3) is 5.63. The molecule has 0 fully saturated rings. The Kier molecular flexibility index (Phi) is 8.51. The largest absolute Gasteiger partial charge is 0.490 e. The minimum absolute atomic E-state index is 0.695. The standard InChI is InChI=1S/C15H28N4O/c1-4-6-7-8-9-10-11-17-15-13(20-3)14(16-5-2)18-12-19-15/h12H,4-11H2,1-3H3,(H2,16,17,18,19). The van der Waals surface area contributed by atoms with Crippen molar-refractivity contribution in [3.8, 4) is 5.75 Å². The molecule has 1 aromatic rings. The number of methoxy groups -OCH3 is 1. The Hall–Kier alpha value is -1.52. The molecule has 1 aromatic heterocycles. The van der Waals surface area contributed by atoms with E-state index >= 15 is 0 Å². The number of hydrogen-bond acceptors (Lipinski definition) is 5. The highest BCUT2D eigenvalue weighted by Gasteiger charge is 2.10. The maximum atomic E-state index is 5.39. The highest BCUT2D eigenvalue weighted by molar-refractivity contribution is 5.63. The lowest BCUT2D eigenvalue weighted by Crippen LogP contribution is -2.09. The zero-order chi connectivity index (χ0) is 14.6. The van der Waals surface area contributed by atoms with E-state index in [-0.39, 0.29) is 0 Å². The topological polar surface area (TPSA) is 59.1 Å². The van der Waals surface area contributed by atoms with Gasteiger partial charge in [0.2, 0.25) is 5.75 Å². The smallest absolute Gasteiger partial charge is 0.204 e. The van der Waals surface area contributed by atoms with Gasteiger partial charge in [0.1, 0.15) is 6.33 Å². The summed E-state index contributed by atoms with van der Waals surface area (Å²) in [6.07, 6.45) is 9.29. The van der Waals surface area contributed by atoms with Crippen LogP contribution in [0.2, 0.25) is 0 Å². The maximum absolute atomic E-state index is 5.39. The molecule has 0 unspecified atom stereocenters. The van der Waals surface area contributed by atoms with Crippen molar-refractivity contribution in [3.05, 3.63) is 6.33 Å². The molecule has 0 aromatic carbocycles. The van der Waals surface area contributed by atoms with Crippen molar-refractivity contribution >= 4 is 11.6 Å². The number of unbranched alkanes of at least 4 members (excludes halogenated alkanes) is 5. The predicted octanol–water partition coefficient (Wildman–Crippen LogP) is 3.69. The number of nitrogens with zero attached hydrogens (tertiary/aromatic N) is 2. The van der Waals surface area contributed by atoms with Crippen molar-refractivity contribution in [2.24, 2.45) is 0 Å². The van der Waals surface area contributed by atoms with Crippen LogP contribution in [0.25, 0.3) is 0 Å². The van der Waals surface area contributed by atoms with Gasteiger partial charge in [-0.2, -0.15) is 0 Å². The molecule has 0 amide bonds. The quantitative estimate of drug-likeness (QED) is 0.605. The van der Waals surface area contributed by atoms with Crippen LogP contribution in [0.5, 0.6) is 5.75 Å². The van der Waals surface area contributed by atoms with Crippen molar-refractivity contribution in [1.29, 1.82) is 0 Å².